The molecule has 2 heteroatoms. The number of rotatable bonds is 16. The van der Waals surface area contributed by atoms with Crippen LogP contribution in [0.5, 0.6) is 0 Å². The quantitative estimate of drug-likeness (QED) is 0.263. The molecule has 0 radical (unpaired) electrons. The Kier molecular flexibility index (Phi) is 14.5. The zero-order valence-electron chi connectivity index (χ0n) is 15.6. The third-order valence-corrected chi connectivity index (χ3v) is 5.10. The Morgan fingerprint density at radius 1 is 0.591 bits per heavy atom. The minimum Gasteiger partial charge on any atom is -0.368 e. The van der Waals surface area contributed by atoms with Gasteiger partial charge in [-0.2, -0.15) is 0 Å². The van der Waals surface area contributed by atoms with E-state index >= 15 is 0 Å². The number of hydrogen-bond donors (Lipinski definition) is 2. The number of unbranched alkanes of at least 4 members (excludes halogenated alkanes) is 6. The van der Waals surface area contributed by atoms with Gasteiger partial charge in [0.15, 0.2) is 6.29 Å². The monoisotopic (exact) mass is 314 g/mol. The van der Waals surface area contributed by atoms with Crippen molar-refractivity contribution in [2.24, 2.45) is 5.41 Å². The number of aliphatic hydroxyl groups is 2. The van der Waals surface area contributed by atoms with Gasteiger partial charge in [-0.3, -0.25) is 0 Å². The second kappa shape index (κ2) is 14.5. The van der Waals surface area contributed by atoms with Gasteiger partial charge in [0.1, 0.15) is 0 Å². The molecule has 22 heavy (non-hydrogen) atoms. The summed E-state index contributed by atoms with van der Waals surface area (Å²) in [5, 5.41) is 17.8. The number of hydrogen-bond acceptors (Lipinski definition) is 2. The van der Waals surface area contributed by atoms with E-state index in [0.717, 1.165) is 12.8 Å². The van der Waals surface area contributed by atoms with Gasteiger partial charge in [0, 0.05) is 0 Å². The Bertz CT molecular complexity index is 204. The lowest BCUT2D eigenvalue weighted by molar-refractivity contribution is -0.0466. The van der Waals surface area contributed by atoms with E-state index < -0.39 is 6.29 Å². The summed E-state index contributed by atoms with van der Waals surface area (Å²) in [5.41, 5.74) is 0.596. The smallest absolute Gasteiger partial charge is 0.151 e. The van der Waals surface area contributed by atoms with Crippen molar-refractivity contribution < 1.29 is 10.2 Å². The first-order valence-corrected chi connectivity index (χ1v) is 9.96. The molecular formula is C20H42O2. The lowest BCUT2D eigenvalue weighted by Gasteiger charge is -2.35. The molecule has 0 saturated heterocycles. The lowest BCUT2D eigenvalue weighted by Crippen LogP contribution is -2.21. The van der Waals surface area contributed by atoms with Gasteiger partial charge in [0.2, 0.25) is 0 Å². The van der Waals surface area contributed by atoms with E-state index in [1.807, 2.05) is 0 Å². The Balaban J connectivity index is 4.27. The first-order valence-electron chi connectivity index (χ1n) is 9.96. The van der Waals surface area contributed by atoms with Crippen LogP contribution in [-0.2, 0) is 0 Å². The molecule has 2 N–H and O–H groups in total. The molecular weight excluding hydrogens is 272 g/mol. The molecule has 0 aromatic rings. The second-order valence-electron chi connectivity index (χ2n) is 7.24. The van der Waals surface area contributed by atoms with Gasteiger partial charge in [-0.05, 0) is 43.9 Å². The van der Waals surface area contributed by atoms with Gasteiger partial charge in [-0.25, -0.2) is 0 Å². The summed E-state index contributed by atoms with van der Waals surface area (Å²) in [6.07, 6.45) is 17.8. The predicted molar refractivity (Wildman–Crippen MR) is 96.9 cm³/mol. The van der Waals surface area contributed by atoms with Crippen LogP contribution in [0.3, 0.4) is 0 Å². The van der Waals surface area contributed by atoms with Crippen molar-refractivity contribution in [2.75, 3.05) is 0 Å². The van der Waals surface area contributed by atoms with Crippen molar-refractivity contribution in [1.29, 1.82) is 0 Å². The summed E-state index contributed by atoms with van der Waals surface area (Å²) in [6.45, 7) is 6.93. The minimum absolute atomic E-state index is 0.534. The van der Waals surface area contributed by atoms with E-state index in [1.54, 1.807) is 0 Å². The van der Waals surface area contributed by atoms with Crippen LogP contribution in [0, 0.1) is 5.41 Å². The molecule has 0 spiro atoms. The predicted octanol–water partition coefficient (Wildman–Crippen LogP) is 6.19. The molecule has 0 aliphatic carbocycles. The summed E-state index contributed by atoms with van der Waals surface area (Å²) < 4.78 is 0. The standard InChI is InChI=1S/C20H42O2/c1-4-7-15-20(16-8-5-2,17-9-6-3)18-13-11-10-12-14-19(21)22/h19,21-22H,4-18H2,1-3H3. The van der Waals surface area contributed by atoms with Gasteiger partial charge < -0.3 is 10.2 Å². The zero-order chi connectivity index (χ0) is 16.7. The lowest BCUT2D eigenvalue weighted by atomic mass is 9.71. The highest BCUT2D eigenvalue weighted by Crippen LogP contribution is 2.41. The van der Waals surface area contributed by atoms with Gasteiger partial charge >= 0.3 is 0 Å². The van der Waals surface area contributed by atoms with E-state index in [4.69, 9.17) is 10.2 Å². The molecule has 0 rings (SSSR count). The van der Waals surface area contributed by atoms with Crippen LogP contribution in [-0.4, -0.2) is 16.5 Å². The first kappa shape index (κ1) is 21.9. The highest BCUT2D eigenvalue weighted by atomic mass is 16.5. The maximum absolute atomic E-state index is 8.89. The molecule has 0 aromatic heterocycles. The molecule has 0 aromatic carbocycles. The van der Waals surface area contributed by atoms with Crippen LogP contribution >= 0.6 is 0 Å². The van der Waals surface area contributed by atoms with Crippen LogP contribution in [0.15, 0.2) is 0 Å². The molecule has 0 bridgehead atoms. The third-order valence-electron chi connectivity index (χ3n) is 5.10. The van der Waals surface area contributed by atoms with Crippen molar-refractivity contribution in [3.8, 4) is 0 Å². The Morgan fingerprint density at radius 3 is 1.41 bits per heavy atom. The van der Waals surface area contributed by atoms with Crippen LogP contribution in [0.25, 0.3) is 0 Å². The maximum Gasteiger partial charge on any atom is 0.151 e. The average Bonchev–Trinajstić information content (AvgIpc) is 2.51. The van der Waals surface area contributed by atoms with E-state index in [0.29, 0.717) is 11.8 Å². The molecule has 134 valence electrons. The summed E-state index contributed by atoms with van der Waals surface area (Å²) in [5.74, 6) is 0. The van der Waals surface area contributed by atoms with Crippen LogP contribution in [0.4, 0.5) is 0 Å². The van der Waals surface area contributed by atoms with Crippen molar-refractivity contribution >= 4 is 0 Å². The van der Waals surface area contributed by atoms with E-state index in [-0.39, 0.29) is 0 Å². The van der Waals surface area contributed by atoms with Gasteiger partial charge in [-0.15, -0.1) is 0 Å². The molecule has 0 unspecified atom stereocenters. The summed E-state index contributed by atoms with van der Waals surface area (Å²) in [6, 6.07) is 0. The highest BCUT2D eigenvalue weighted by Gasteiger charge is 2.27. The van der Waals surface area contributed by atoms with Crippen molar-refractivity contribution in [3.05, 3.63) is 0 Å². The molecule has 0 aliphatic rings. The minimum atomic E-state index is -1.11. The van der Waals surface area contributed by atoms with Crippen LogP contribution in [0.1, 0.15) is 117 Å². The molecule has 0 atom stereocenters. The fourth-order valence-electron chi connectivity index (χ4n) is 3.59. The molecule has 0 saturated carbocycles. The van der Waals surface area contributed by atoms with Crippen LogP contribution < -0.4 is 0 Å². The summed E-state index contributed by atoms with van der Waals surface area (Å²) in [4.78, 5) is 0. The van der Waals surface area contributed by atoms with E-state index in [2.05, 4.69) is 20.8 Å². The topological polar surface area (TPSA) is 40.5 Å². The van der Waals surface area contributed by atoms with Gasteiger partial charge in [0.05, 0.1) is 0 Å². The van der Waals surface area contributed by atoms with Gasteiger partial charge in [-0.1, -0.05) is 78.6 Å². The first-order chi connectivity index (χ1) is 10.6. The molecule has 2 nitrogen and oxygen atoms in total. The van der Waals surface area contributed by atoms with E-state index in [9.17, 15) is 0 Å². The molecule has 0 aliphatic heterocycles. The average molecular weight is 315 g/mol. The Labute approximate surface area is 139 Å². The second-order valence-corrected chi connectivity index (χ2v) is 7.24. The fraction of sp³-hybridized carbons (Fsp3) is 1.00. The normalized spacial score (nSPS) is 12.3. The molecule has 0 heterocycles. The molecule has 0 amide bonds. The largest absolute Gasteiger partial charge is 0.368 e. The summed E-state index contributed by atoms with van der Waals surface area (Å²) in [7, 11) is 0. The van der Waals surface area contributed by atoms with Crippen molar-refractivity contribution in [1.82, 2.24) is 0 Å². The Hall–Kier alpha value is -0.0800. The highest BCUT2D eigenvalue weighted by molar-refractivity contribution is 4.79. The zero-order valence-corrected chi connectivity index (χ0v) is 15.6. The SMILES string of the molecule is CCCCC(CCCC)(CCCC)CCCCCCC(O)O. The van der Waals surface area contributed by atoms with Crippen LogP contribution in [0.2, 0.25) is 0 Å². The fourth-order valence-corrected chi connectivity index (χ4v) is 3.59. The Morgan fingerprint density at radius 2 is 1.00 bits per heavy atom. The molecule has 0 fully saturated rings. The number of aliphatic hydroxyl groups excluding tert-OH is 1. The summed E-state index contributed by atoms with van der Waals surface area (Å²) >= 11 is 0. The van der Waals surface area contributed by atoms with Gasteiger partial charge in [0.25, 0.3) is 0 Å². The van der Waals surface area contributed by atoms with E-state index in [1.165, 1.54) is 77.0 Å². The third kappa shape index (κ3) is 11.5. The maximum atomic E-state index is 8.89. The van der Waals surface area contributed by atoms with Crippen molar-refractivity contribution in [2.45, 2.75) is 123 Å². The van der Waals surface area contributed by atoms with Crippen molar-refractivity contribution in [3.63, 3.8) is 0 Å².